The number of nitrogens with zero attached hydrogens (tertiary/aromatic N) is 2. The molecule has 0 unspecified atom stereocenters. The van der Waals surface area contributed by atoms with Gasteiger partial charge < -0.3 is 0 Å². The lowest BCUT2D eigenvalue weighted by Crippen LogP contribution is -2.51. The summed E-state index contributed by atoms with van der Waals surface area (Å²) in [5, 5.41) is 0. The Morgan fingerprint density at radius 2 is 1.33 bits per heavy atom. The van der Waals surface area contributed by atoms with E-state index in [0.29, 0.717) is 0 Å². The van der Waals surface area contributed by atoms with Crippen LogP contribution in [0.5, 0.6) is 0 Å². The summed E-state index contributed by atoms with van der Waals surface area (Å²) in [5.41, 5.74) is 0. The Morgan fingerprint density at radius 3 is 1.42 bits per heavy atom. The molecule has 0 rings (SSSR count). The Bertz CT molecular complexity index is 243. The Kier molecular flexibility index (Phi) is 3.47. The largest absolute Gasteiger partial charge is 0.275 e. The summed E-state index contributed by atoms with van der Waals surface area (Å²) in [4.78, 5) is 0. The van der Waals surface area contributed by atoms with Gasteiger partial charge in [-0.2, -0.15) is 12.7 Å². The topological polar surface area (TPSA) is 40.6 Å². The van der Waals surface area contributed by atoms with Crippen molar-refractivity contribution in [3.8, 4) is 0 Å². The van der Waals surface area contributed by atoms with Gasteiger partial charge in [0.25, 0.3) is 10.2 Å². The van der Waals surface area contributed by atoms with Crippen LogP contribution >= 0.6 is 0 Å². The van der Waals surface area contributed by atoms with Gasteiger partial charge in [0.05, 0.1) is 0 Å². The number of rotatable bonds is 3. The minimum atomic E-state index is -3.21. The lowest BCUT2D eigenvalue weighted by Gasteiger charge is -2.31. The van der Waals surface area contributed by atoms with Gasteiger partial charge in [-0.25, -0.2) is 3.97 Å². The van der Waals surface area contributed by atoms with Gasteiger partial charge in [0, 0.05) is 14.1 Å². The Labute approximate surface area is 76.4 Å². The molecule has 0 fully saturated rings. The van der Waals surface area contributed by atoms with E-state index in [1.165, 1.54) is 8.28 Å². The summed E-state index contributed by atoms with van der Waals surface area (Å²) in [6.07, 6.45) is 0. The lowest BCUT2D eigenvalue weighted by atomic mass is 11.3. The van der Waals surface area contributed by atoms with Crippen molar-refractivity contribution >= 4 is 18.4 Å². The van der Waals surface area contributed by atoms with Crippen molar-refractivity contribution in [2.45, 2.75) is 19.6 Å². The van der Waals surface area contributed by atoms with Crippen molar-refractivity contribution in [2.24, 2.45) is 0 Å². The molecule has 0 bridgehead atoms. The third-order valence-electron chi connectivity index (χ3n) is 1.75. The second-order valence-corrected chi connectivity index (χ2v) is 11.4. The molecular weight excluding hydrogens is 192 g/mol. The van der Waals surface area contributed by atoms with E-state index in [2.05, 4.69) is 0 Å². The van der Waals surface area contributed by atoms with E-state index in [0.717, 1.165) is 0 Å². The fraction of sp³-hybridized carbons (Fsp3) is 1.00. The molecule has 0 atom stereocenters. The van der Waals surface area contributed by atoms with E-state index in [1.807, 2.05) is 19.6 Å². The van der Waals surface area contributed by atoms with Crippen LogP contribution in [0.15, 0.2) is 0 Å². The summed E-state index contributed by atoms with van der Waals surface area (Å²) < 4.78 is 25.9. The first-order valence-electron chi connectivity index (χ1n) is 3.76. The van der Waals surface area contributed by atoms with E-state index >= 15 is 0 Å². The summed E-state index contributed by atoms with van der Waals surface area (Å²) in [7, 11) is -0.226. The highest BCUT2D eigenvalue weighted by atomic mass is 32.2. The monoisotopic (exact) mass is 210 g/mol. The maximum absolute atomic E-state index is 11.6. The predicted octanol–water partition coefficient (Wildman–Crippen LogP) is 0.559. The molecule has 0 radical (unpaired) electrons. The first kappa shape index (κ1) is 12.1. The Hall–Kier alpha value is 0.0869. The summed E-state index contributed by atoms with van der Waals surface area (Å²) >= 11 is 0. The molecule has 0 amide bonds. The van der Waals surface area contributed by atoms with Crippen molar-refractivity contribution in [3.05, 3.63) is 0 Å². The van der Waals surface area contributed by atoms with Gasteiger partial charge in [-0.15, -0.1) is 0 Å². The molecule has 0 saturated heterocycles. The number of hydrogen-bond acceptors (Lipinski definition) is 2. The molecular formula is C6H18N2O2SSi. The molecule has 0 heterocycles. The molecule has 0 aromatic carbocycles. The normalized spacial score (nSPS) is 14.3. The van der Waals surface area contributed by atoms with Gasteiger partial charge in [-0.05, 0) is 7.05 Å². The SMILES string of the molecule is CN(C)S(=O)(=O)N(C)[Si](C)(C)C. The highest BCUT2D eigenvalue weighted by Gasteiger charge is 2.31. The van der Waals surface area contributed by atoms with Gasteiger partial charge in [0.1, 0.15) is 8.24 Å². The smallest absolute Gasteiger partial charge is 0.215 e. The van der Waals surface area contributed by atoms with Crippen molar-refractivity contribution in [1.29, 1.82) is 0 Å². The van der Waals surface area contributed by atoms with Crippen LogP contribution in [-0.2, 0) is 10.2 Å². The zero-order valence-corrected chi connectivity index (χ0v) is 10.4. The quantitative estimate of drug-likeness (QED) is 0.639. The molecule has 74 valence electrons. The first-order valence-corrected chi connectivity index (χ1v) is 8.61. The molecule has 12 heavy (non-hydrogen) atoms. The van der Waals surface area contributed by atoms with Crippen LogP contribution in [0.2, 0.25) is 19.6 Å². The second-order valence-electron chi connectivity index (χ2n) is 3.93. The summed E-state index contributed by atoms with van der Waals surface area (Å²) in [5.74, 6) is 0. The maximum Gasteiger partial charge on any atom is 0.275 e. The zero-order valence-electron chi connectivity index (χ0n) is 8.62. The Balaban J connectivity index is 4.84. The minimum absolute atomic E-state index is 1.24. The van der Waals surface area contributed by atoms with Gasteiger partial charge in [-0.1, -0.05) is 19.6 Å². The fourth-order valence-electron chi connectivity index (χ4n) is 0.591. The van der Waals surface area contributed by atoms with Gasteiger partial charge in [0.2, 0.25) is 0 Å². The van der Waals surface area contributed by atoms with Crippen LogP contribution in [0, 0.1) is 0 Å². The van der Waals surface area contributed by atoms with Crippen molar-refractivity contribution < 1.29 is 8.42 Å². The molecule has 0 saturated carbocycles. The van der Waals surface area contributed by atoms with Crippen LogP contribution in [0.25, 0.3) is 0 Å². The van der Waals surface area contributed by atoms with Crippen molar-refractivity contribution in [1.82, 2.24) is 8.28 Å². The third-order valence-corrected chi connectivity index (χ3v) is 7.59. The van der Waals surface area contributed by atoms with Crippen LogP contribution in [0.4, 0.5) is 0 Å². The van der Waals surface area contributed by atoms with E-state index in [1.54, 1.807) is 21.1 Å². The fourth-order valence-corrected chi connectivity index (χ4v) is 4.34. The predicted molar refractivity (Wildman–Crippen MR) is 53.7 cm³/mol. The minimum Gasteiger partial charge on any atom is -0.215 e. The first-order chi connectivity index (χ1) is 5.10. The van der Waals surface area contributed by atoms with Crippen LogP contribution < -0.4 is 0 Å². The summed E-state index contributed by atoms with van der Waals surface area (Å²) in [6, 6.07) is 0. The molecule has 6 heteroatoms. The van der Waals surface area contributed by atoms with E-state index in [4.69, 9.17) is 0 Å². The van der Waals surface area contributed by atoms with E-state index in [-0.39, 0.29) is 0 Å². The standard InChI is InChI=1S/C6H18N2O2SSi/c1-7(2)11(9,10)8(3)12(4,5)6/h1-6H3. The number of hydrogen-bond donors (Lipinski definition) is 0. The van der Waals surface area contributed by atoms with Crippen LogP contribution in [-0.4, -0.2) is 46.1 Å². The average Bonchev–Trinajstić information content (AvgIpc) is 1.83. The van der Waals surface area contributed by atoms with E-state index < -0.39 is 18.4 Å². The maximum atomic E-state index is 11.6. The highest BCUT2D eigenvalue weighted by Crippen LogP contribution is 2.13. The van der Waals surface area contributed by atoms with Crippen LogP contribution in [0.3, 0.4) is 0 Å². The van der Waals surface area contributed by atoms with Crippen molar-refractivity contribution in [3.63, 3.8) is 0 Å². The molecule has 0 aliphatic rings. The second kappa shape index (κ2) is 3.45. The van der Waals surface area contributed by atoms with Gasteiger partial charge >= 0.3 is 0 Å². The molecule has 0 aliphatic carbocycles. The molecule has 0 aromatic heterocycles. The summed E-state index contributed by atoms with van der Waals surface area (Å²) in [6.45, 7) is 5.98. The average molecular weight is 210 g/mol. The molecule has 0 aromatic rings. The van der Waals surface area contributed by atoms with E-state index in [9.17, 15) is 8.42 Å². The lowest BCUT2D eigenvalue weighted by molar-refractivity contribution is 0.478. The zero-order chi connectivity index (χ0) is 10.2. The highest BCUT2D eigenvalue weighted by molar-refractivity contribution is 7.88. The van der Waals surface area contributed by atoms with Crippen LogP contribution in [0.1, 0.15) is 0 Å². The molecule has 0 aliphatic heterocycles. The third kappa shape index (κ3) is 2.55. The van der Waals surface area contributed by atoms with Gasteiger partial charge in [0.15, 0.2) is 0 Å². The van der Waals surface area contributed by atoms with Gasteiger partial charge in [-0.3, -0.25) is 0 Å². The molecule has 4 nitrogen and oxygen atoms in total. The Morgan fingerprint density at radius 1 is 1.00 bits per heavy atom. The van der Waals surface area contributed by atoms with Crippen molar-refractivity contribution in [2.75, 3.05) is 21.1 Å². The molecule has 0 spiro atoms. The molecule has 0 N–H and O–H groups in total.